The molecule has 96 valence electrons. The van der Waals surface area contributed by atoms with Crippen LogP contribution in [0.1, 0.15) is 23.5 Å². The maximum atomic E-state index is 12.6. The van der Waals surface area contributed by atoms with E-state index in [1.54, 1.807) is 0 Å². The number of aryl methyl sites for hydroxylation is 2. The van der Waals surface area contributed by atoms with E-state index < -0.39 is 6.55 Å². The molecule has 18 heavy (non-hydrogen) atoms. The van der Waals surface area contributed by atoms with E-state index in [4.69, 9.17) is 0 Å². The summed E-state index contributed by atoms with van der Waals surface area (Å²) >= 11 is 0. The van der Waals surface area contributed by atoms with Crippen LogP contribution in [0.4, 0.5) is 14.5 Å². The Balaban J connectivity index is 2.11. The predicted molar refractivity (Wildman–Crippen MR) is 66.7 cm³/mol. The minimum Gasteiger partial charge on any atom is -0.378 e. The summed E-state index contributed by atoms with van der Waals surface area (Å²) in [6, 6.07) is 6.00. The summed E-state index contributed by atoms with van der Waals surface area (Å²) in [5, 5.41) is 3.13. The Kier molecular flexibility index (Phi) is 3.60. The van der Waals surface area contributed by atoms with Crippen LogP contribution in [0, 0.1) is 13.8 Å². The maximum Gasteiger partial charge on any atom is 0.319 e. The highest BCUT2D eigenvalue weighted by molar-refractivity contribution is 5.52. The van der Waals surface area contributed by atoms with Gasteiger partial charge >= 0.3 is 6.55 Å². The highest BCUT2D eigenvalue weighted by atomic mass is 19.3. The molecule has 0 saturated carbocycles. The van der Waals surface area contributed by atoms with Gasteiger partial charge in [-0.2, -0.15) is 8.78 Å². The Morgan fingerprint density at radius 2 is 2.11 bits per heavy atom. The lowest BCUT2D eigenvalue weighted by Crippen LogP contribution is -2.09. The third-order valence-electron chi connectivity index (χ3n) is 2.79. The molecule has 5 heteroatoms. The molecule has 0 unspecified atom stereocenters. The molecule has 0 radical (unpaired) electrons. The normalized spacial score (nSPS) is 10.9. The number of aromatic nitrogens is 2. The monoisotopic (exact) mass is 251 g/mol. The lowest BCUT2D eigenvalue weighted by molar-refractivity contribution is 0.0673. The van der Waals surface area contributed by atoms with Crippen LogP contribution < -0.4 is 5.32 Å². The molecule has 1 aromatic heterocycles. The van der Waals surface area contributed by atoms with Crippen LogP contribution in [0.15, 0.2) is 30.6 Å². The summed E-state index contributed by atoms with van der Waals surface area (Å²) in [7, 11) is 0. The third-order valence-corrected chi connectivity index (χ3v) is 2.79. The maximum absolute atomic E-state index is 12.6. The molecule has 0 aliphatic heterocycles. The van der Waals surface area contributed by atoms with Crippen molar-refractivity contribution in [1.82, 2.24) is 9.55 Å². The fourth-order valence-corrected chi connectivity index (χ4v) is 1.76. The Bertz CT molecular complexity index is 535. The average Bonchev–Trinajstić information content (AvgIpc) is 2.79. The van der Waals surface area contributed by atoms with Gasteiger partial charge in [0, 0.05) is 18.1 Å². The molecule has 0 amide bonds. The fourth-order valence-electron chi connectivity index (χ4n) is 1.76. The fraction of sp³-hybridized carbons (Fsp3) is 0.308. The number of hydrogen-bond acceptors (Lipinski definition) is 2. The molecule has 0 saturated heterocycles. The van der Waals surface area contributed by atoms with Crippen LogP contribution in [0.2, 0.25) is 0 Å². The summed E-state index contributed by atoms with van der Waals surface area (Å²) < 4.78 is 26.1. The number of hydrogen-bond donors (Lipinski definition) is 1. The number of halogens is 2. The second-order valence-electron chi connectivity index (χ2n) is 4.20. The summed E-state index contributed by atoms with van der Waals surface area (Å²) in [5.41, 5.74) is 3.15. The van der Waals surface area contributed by atoms with Gasteiger partial charge in [-0.05, 0) is 31.0 Å². The van der Waals surface area contributed by atoms with Gasteiger partial charge in [-0.3, -0.25) is 4.57 Å². The number of nitrogens with one attached hydrogen (secondary N) is 1. The van der Waals surface area contributed by atoms with Crippen molar-refractivity contribution < 1.29 is 8.78 Å². The van der Waals surface area contributed by atoms with Crippen LogP contribution in [0.3, 0.4) is 0 Å². The van der Waals surface area contributed by atoms with E-state index in [2.05, 4.69) is 10.3 Å². The topological polar surface area (TPSA) is 29.9 Å². The van der Waals surface area contributed by atoms with E-state index in [-0.39, 0.29) is 6.54 Å². The number of imidazole rings is 1. The first-order chi connectivity index (χ1) is 8.58. The lowest BCUT2D eigenvalue weighted by atomic mass is 10.1. The third kappa shape index (κ3) is 2.67. The van der Waals surface area contributed by atoms with Crippen molar-refractivity contribution in [2.45, 2.75) is 26.9 Å². The van der Waals surface area contributed by atoms with E-state index in [9.17, 15) is 8.78 Å². The molecule has 1 aromatic carbocycles. The van der Waals surface area contributed by atoms with Gasteiger partial charge in [-0.1, -0.05) is 12.1 Å². The molecular weight excluding hydrogens is 236 g/mol. The van der Waals surface area contributed by atoms with Crippen LogP contribution in [-0.2, 0) is 6.54 Å². The zero-order valence-corrected chi connectivity index (χ0v) is 10.3. The van der Waals surface area contributed by atoms with Gasteiger partial charge < -0.3 is 5.32 Å². The highest BCUT2D eigenvalue weighted by Gasteiger charge is 2.11. The van der Waals surface area contributed by atoms with Crippen LogP contribution in [-0.4, -0.2) is 9.55 Å². The number of benzene rings is 1. The van der Waals surface area contributed by atoms with Crippen LogP contribution in [0.5, 0.6) is 0 Å². The summed E-state index contributed by atoms with van der Waals surface area (Å²) in [5.74, 6) is 0.325. The summed E-state index contributed by atoms with van der Waals surface area (Å²) in [6.07, 6.45) is 2.66. The van der Waals surface area contributed by atoms with Crippen molar-refractivity contribution in [2.24, 2.45) is 0 Å². The largest absolute Gasteiger partial charge is 0.378 e. The van der Waals surface area contributed by atoms with E-state index in [1.165, 1.54) is 12.4 Å². The van der Waals surface area contributed by atoms with Gasteiger partial charge in [-0.15, -0.1) is 0 Å². The molecule has 3 nitrogen and oxygen atoms in total. The standard InChI is InChI=1S/C13H15F2N3/c1-9-3-4-10(2)11(7-9)17-8-12-16-5-6-18(12)13(14)15/h3-7,13,17H,8H2,1-2H3. The average molecular weight is 251 g/mol. The van der Waals surface area contributed by atoms with E-state index in [0.717, 1.165) is 21.4 Å². The Morgan fingerprint density at radius 3 is 2.83 bits per heavy atom. The first-order valence-electron chi connectivity index (χ1n) is 5.69. The number of anilines is 1. The van der Waals surface area contributed by atoms with Crippen molar-refractivity contribution >= 4 is 5.69 Å². The van der Waals surface area contributed by atoms with Crippen LogP contribution >= 0.6 is 0 Å². The molecule has 0 aliphatic rings. The summed E-state index contributed by atoms with van der Waals surface area (Å²) in [4.78, 5) is 3.93. The molecule has 1 heterocycles. The summed E-state index contributed by atoms with van der Waals surface area (Å²) in [6.45, 7) is 1.69. The highest BCUT2D eigenvalue weighted by Crippen LogP contribution is 2.18. The SMILES string of the molecule is Cc1ccc(C)c(NCc2nccn2C(F)F)c1. The van der Waals surface area contributed by atoms with Crippen molar-refractivity contribution in [2.75, 3.05) is 5.32 Å². The van der Waals surface area contributed by atoms with Gasteiger partial charge in [0.2, 0.25) is 0 Å². The molecule has 2 aromatic rings. The molecule has 0 bridgehead atoms. The van der Waals surface area contributed by atoms with Gasteiger partial charge in [0.1, 0.15) is 5.82 Å². The number of rotatable bonds is 4. The minimum absolute atomic E-state index is 0.279. The number of nitrogens with zero attached hydrogens (tertiary/aromatic N) is 2. The Labute approximate surface area is 104 Å². The Hall–Kier alpha value is -1.91. The van der Waals surface area contributed by atoms with Gasteiger partial charge in [-0.25, -0.2) is 4.98 Å². The molecule has 0 aliphatic carbocycles. The van der Waals surface area contributed by atoms with Crippen molar-refractivity contribution in [3.05, 3.63) is 47.5 Å². The van der Waals surface area contributed by atoms with Gasteiger partial charge in [0.15, 0.2) is 0 Å². The molecule has 1 N–H and O–H groups in total. The first kappa shape index (κ1) is 12.5. The van der Waals surface area contributed by atoms with Crippen molar-refractivity contribution in [1.29, 1.82) is 0 Å². The van der Waals surface area contributed by atoms with E-state index >= 15 is 0 Å². The molecule has 0 atom stereocenters. The minimum atomic E-state index is -2.55. The zero-order valence-electron chi connectivity index (χ0n) is 10.3. The smallest absolute Gasteiger partial charge is 0.319 e. The molecule has 2 rings (SSSR count). The van der Waals surface area contributed by atoms with Crippen molar-refractivity contribution in [3.8, 4) is 0 Å². The van der Waals surface area contributed by atoms with E-state index in [0.29, 0.717) is 5.82 Å². The molecule has 0 spiro atoms. The second kappa shape index (κ2) is 5.16. The Morgan fingerprint density at radius 1 is 1.33 bits per heavy atom. The zero-order chi connectivity index (χ0) is 13.1. The molecular formula is C13H15F2N3. The molecule has 0 fully saturated rings. The van der Waals surface area contributed by atoms with Crippen LogP contribution in [0.25, 0.3) is 0 Å². The first-order valence-corrected chi connectivity index (χ1v) is 5.69. The quantitative estimate of drug-likeness (QED) is 0.901. The number of alkyl halides is 2. The lowest BCUT2D eigenvalue weighted by Gasteiger charge is -2.11. The second-order valence-corrected chi connectivity index (χ2v) is 4.20. The van der Waals surface area contributed by atoms with Crippen molar-refractivity contribution in [3.63, 3.8) is 0 Å². The predicted octanol–water partition coefficient (Wildman–Crippen LogP) is 3.51. The van der Waals surface area contributed by atoms with Gasteiger partial charge in [0.25, 0.3) is 0 Å². The van der Waals surface area contributed by atoms with E-state index in [1.807, 2.05) is 32.0 Å². The van der Waals surface area contributed by atoms with Gasteiger partial charge in [0.05, 0.1) is 6.54 Å².